The Hall–Kier alpha value is -3.20. The molecule has 1 aliphatic carbocycles. The van der Waals surface area contributed by atoms with Crippen LogP contribution in [0.25, 0.3) is 0 Å². The van der Waals surface area contributed by atoms with Crippen LogP contribution in [-0.2, 0) is 16.1 Å². The summed E-state index contributed by atoms with van der Waals surface area (Å²) in [5.74, 6) is 0.578. The minimum atomic E-state index is -0.423. The highest BCUT2D eigenvalue weighted by Gasteiger charge is 2.39. The second-order valence-corrected chi connectivity index (χ2v) is 11.4. The van der Waals surface area contributed by atoms with Gasteiger partial charge in [0.1, 0.15) is 24.4 Å². The highest BCUT2D eigenvalue weighted by Crippen LogP contribution is 2.36. The zero-order chi connectivity index (χ0) is 28.7. The number of benzene rings is 2. The van der Waals surface area contributed by atoms with Crippen LogP contribution in [0.4, 0.5) is 0 Å². The van der Waals surface area contributed by atoms with Gasteiger partial charge in [-0.1, -0.05) is 61.5 Å². The van der Waals surface area contributed by atoms with Gasteiger partial charge in [0, 0.05) is 25.2 Å². The van der Waals surface area contributed by atoms with Crippen LogP contribution in [0, 0.1) is 17.2 Å². The molecule has 0 spiro atoms. The van der Waals surface area contributed by atoms with Crippen molar-refractivity contribution in [1.29, 1.82) is 5.41 Å². The van der Waals surface area contributed by atoms with Crippen molar-refractivity contribution >= 4 is 11.7 Å². The number of amidine groups is 1. The Morgan fingerprint density at radius 1 is 1.20 bits per heavy atom. The van der Waals surface area contributed by atoms with E-state index < -0.39 is 11.8 Å². The fraction of sp³-hybridized carbons (Fsp3) is 0.500. The fourth-order valence-electron chi connectivity index (χ4n) is 5.80. The molecule has 2 aromatic carbocycles. The van der Waals surface area contributed by atoms with Gasteiger partial charge >= 0.3 is 0 Å². The van der Waals surface area contributed by atoms with Crippen LogP contribution in [0.3, 0.4) is 0 Å². The molecule has 0 bridgehead atoms. The molecule has 1 heterocycles. The maximum absolute atomic E-state index is 13.9. The summed E-state index contributed by atoms with van der Waals surface area (Å²) in [5.41, 5.74) is 6.88. The number of nitrogens with one attached hydrogen (secondary N) is 1. The number of hydrogen-bond donors (Lipinski definition) is 3. The number of carbonyl (C=O) groups excluding carboxylic acids is 1. The zero-order valence-corrected chi connectivity index (χ0v) is 24.0. The number of aliphatic hydroxyl groups is 1. The van der Waals surface area contributed by atoms with Crippen LogP contribution < -0.4 is 10.5 Å². The number of aliphatic hydroxyl groups excluding tert-OH is 1. The molecule has 1 fully saturated rings. The number of nitrogens with two attached hydrogens (primary N) is 1. The molecular weight excluding hydrogens is 504 g/mol. The first-order chi connectivity index (χ1) is 19.1. The number of likely N-dealkylation sites (tertiary alicyclic amines) is 1. The van der Waals surface area contributed by atoms with Gasteiger partial charge in [0.05, 0.1) is 24.2 Å². The summed E-state index contributed by atoms with van der Waals surface area (Å²) in [6, 6.07) is 17.2. The van der Waals surface area contributed by atoms with Gasteiger partial charge in [0.15, 0.2) is 0 Å². The molecule has 1 amide bonds. The Bertz CT molecular complexity index is 1160. The number of amides is 1. The molecule has 216 valence electrons. The Morgan fingerprint density at radius 3 is 2.58 bits per heavy atom. The van der Waals surface area contributed by atoms with Gasteiger partial charge in [-0.05, 0) is 56.7 Å². The molecule has 1 saturated heterocycles. The van der Waals surface area contributed by atoms with Gasteiger partial charge in [-0.3, -0.25) is 15.1 Å². The normalized spacial score (nSPS) is 24.4. The average molecular weight is 549 g/mol. The minimum absolute atomic E-state index is 0.00870. The van der Waals surface area contributed by atoms with Gasteiger partial charge in [0.2, 0.25) is 5.91 Å². The Labute approximate surface area is 238 Å². The molecule has 2 aliphatic rings. The van der Waals surface area contributed by atoms with Crippen molar-refractivity contribution < 1.29 is 19.4 Å². The Balaban J connectivity index is 1.40. The first-order valence-electron chi connectivity index (χ1n) is 14.3. The van der Waals surface area contributed by atoms with E-state index in [1.54, 1.807) is 12.1 Å². The lowest BCUT2D eigenvalue weighted by atomic mass is 9.77. The molecule has 2 aromatic rings. The lowest BCUT2D eigenvalue weighted by molar-refractivity contribution is -0.139. The van der Waals surface area contributed by atoms with Crippen LogP contribution in [-0.4, -0.2) is 70.8 Å². The predicted octanol–water partition coefficient (Wildman–Crippen LogP) is 4.17. The van der Waals surface area contributed by atoms with Crippen LogP contribution in [0.15, 0.2) is 66.7 Å². The van der Waals surface area contributed by atoms with Crippen molar-refractivity contribution in [3.05, 3.63) is 77.9 Å². The molecule has 4 N–H and O–H groups in total. The number of rotatable bonds is 11. The smallest absolute Gasteiger partial charge is 0.230 e. The maximum atomic E-state index is 13.9. The Morgan fingerprint density at radius 2 is 1.93 bits per heavy atom. The van der Waals surface area contributed by atoms with E-state index in [9.17, 15) is 9.90 Å². The van der Waals surface area contributed by atoms with E-state index in [1.807, 2.05) is 60.4 Å². The largest absolute Gasteiger partial charge is 0.492 e. The molecule has 4 unspecified atom stereocenters. The SMILES string of the molecule is CC1CC(C)(OC2CCN(C(C)O)CC2)C=CC1C(=O)N(CCOc1cccc(C(=N)N)c1)Cc1ccccc1. The van der Waals surface area contributed by atoms with Crippen molar-refractivity contribution in [2.24, 2.45) is 17.6 Å². The molecule has 4 rings (SSSR count). The van der Waals surface area contributed by atoms with Crippen molar-refractivity contribution in [2.75, 3.05) is 26.2 Å². The molecule has 40 heavy (non-hydrogen) atoms. The van der Waals surface area contributed by atoms with Crippen LogP contribution in [0.1, 0.15) is 51.2 Å². The molecule has 4 atom stereocenters. The minimum Gasteiger partial charge on any atom is -0.492 e. The second kappa shape index (κ2) is 13.4. The third-order valence-corrected chi connectivity index (χ3v) is 8.03. The van der Waals surface area contributed by atoms with Crippen molar-refractivity contribution in [2.45, 2.75) is 64.5 Å². The topological polar surface area (TPSA) is 112 Å². The van der Waals surface area contributed by atoms with Crippen LogP contribution in [0.5, 0.6) is 5.75 Å². The van der Waals surface area contributed by atoms with Crippen molar-refractivity contribution in [3.8, 4) is 5.75 Å². The van der Waals surface area contributed by atoms with Gasteiger partial charge < -0.3 is 25.2 Å². The van der Waals surface area contributed by atoms with Crippen molar-refractivity contribution in [3.63, 3.8) is 0 Å². The molecule has 1 aliphatic heterocycles. The summed E-state index contributed by atoms with van der Waals surface area (Å²) in [7, 11) is 0. The third-order valence-electron chi connectivity index (χ3n) is 8.03. The number of carbonyl (C=O) groups is 1. The molecule has 0 aromatic heterocycles. The fourth-order valence-corrected chi connectivity index (χ4v) is 5.80. The van der Waals surface area contributed by atoms with E-state index in [0.717, 1.165) is 37.9 Å². The van der Waals surface area contributed by atoms with E-state index in [4.69, 9.17) is 20.6 Å². The van der Waals surface area contributed by atoms with Crippen molar-refractivity contribution in [1.82, 2.24) is 9.80 Å². The number of ether oxygens (including phenoxy) is 2. The molecule has 0 saturated carbocycles. The summed E-state index contributed by atoms with van der Waals surface area (Å²) in [6.45, 7) is 8.98. The third kappa shape index (κ3) is 7.93. The first kappa shape index (κ1) is 29.8. The molecule has 0 radical (unpaired) electrons. The van der Waals surface area contributed by atoms with E-state index in [1.165, 1.54) is 0 Å². The standard InChI is InChI=1S/C32H44N4O4/c1-23-21-32(3,40-27-13-16-35(17-14-27)24(2)37)15-12-29(23)31(38)36(22-25-8-5-4-6-9-25)18-19-39-28-11-7-10-26(20-28)30(33)34/h4-12,15,20,23-24,27,29,37H,13-14,16-19,21-22H2,1-3H3,(H3,33,34). The summed E-state index contributed by atoms with van der Waals surface area (Å²) in [6.07, 6.45) is 6.41. The predicted molar refractivity (Wildman–Crippen MR) is 157 cm³/mol. The van der Waals surface area contributed by atoms with E-state index in [-0.39, 0.29) is 29.7 Å². The summed E-state index contributed by atoms with van der Waals surface area (Å²) in [4.78, 5) is 17.9. The number of nitrogens with zero attached hydrogens (tertiary/aromatic N) is 2. The lowest BCUT2D eigenvalue weighted by Gasteiger charge is -2.42. The van der Waals surface area contributed by atoms with E-state index >= 15 is 0 Å². The molecular formula is C32H44N4O4. The molecule has 8 nitrogen and oxygen atoms in total. The monoisotopic (exact) mass is 548 g/mol. The molecule has 8 heteroatoms. The average Bonchev–Trinajstić information content (AvgIpc) is 2.93. The number of nitrogen functional groups attached to an aromatic ring is 1. The number of piperidine rings is 1. The summed E-state index contributed by atoms with van der Waals surface area (Å²) < 4.78 is 12.5. The highest BCUT2D eigenvalue weighted by atomic mass is 16.5. The maximum Gasteiger partial charge on any atom is 0.230 e. The van der Waals surface area contributed by atoms with Gasteiger partial charge in [0.25, 0.3) is 0 Å². The quantitative estimate of drug-likeness (QED) is 0.221. The summed E-state index contributed by atoms with van der Waals surface area (Å²) >= 11 is 0. The highest BCUT2D eigenvalue weighted by molar-refractivity contribution is 5.95. The van der Waals surface area contributed by atoms with Crippen LogP contribution in [0.2, 0.25) is 0 Å². The van der Waals surface area contributed by atoms with E-state index in [2.05, 4.69) is 24.8 Å². The van der Waals surface area contributed by atoms with Gasteiger partial charge in [-0.2, -0.15) is 0 Å². The first-order valence-corrected chi connectivity index (χ1v) is 14.3. The van der Waals surface area contributed by atoms with E-state index in [0.29, 0.717) is 31.0 Å². The van der Waals surface area contributed by atoms with Gasteiger partial charge in [-0.15, -0.1) is 0 Å². The second-order valence-electron chi connectivity index (χ2n) is 11.4. The number of hydrogen-bond acceptors (Lipinski definition) is 6. The summed E-state index contributed by atoms with van der Waals surface area (Å²) in [5, 5.41) is 17.5. The van der Waals surface area contributed by atoms with Gasteiger partial charge in [-0.25, -0.2) is 0 Å². The lowest BCUT2D eigenvalue weighted by Crippen LogP contribution is -2.47. The van der Waals surface area contributed by atoms with Crippen LogP contribution >= 0.6 is 0 Å². The zero-order valence-electron chi connectivity index (χ0n) is 24.0. The Kier molecular flexibility index (Phi) is 10.0.